The largest absolute Gasteiger partial charge is 0.398 e. The van der Waals surface area contributed by atoms with E-state index in [0.717, 1.165) is 18.0 Å². The van der Waals surface area contributed by atoms with E-state index in [4.69, 9.17) is 5.73 Å². The van der Waals surface area contributed by atoms with Crippen LogP contribution in [-0.2, 0) is 6.42 Å². The maximum Gasteiger partial charge on any atom is 0.0419 e. The first kappa shape index (κ1) is 11.9. The molecule has 0 amide bonds. The molecular weight excluding hydrogens is 220 g/mol. The second kappa shape index (κ2) is 5.21. The SMILES string of the molecule is Nc1cccc2c1CCCN2CC1CCCCC1. The van der Waals surface area contributed by atoms with Gasteiger partial charge >= 0.3 is 0 Å². The van der Waals surface area contributed by atoms with Crippen molar-refractivity contribution in [3.05, 3.63) is 23.8 Å². The molecule has 1 heterocycles. The zero-order chi connectivity index (χ0) is 12.4. The Balaban J connectivity index is 1.76. The van der Waals surface area contributed by atoms with Gasteiger partial charge in [-0.05, 0) is 49.3 Å². The zero-order valence-corrected chi connectivity index (χ0v) is 11.2. The topological polar surface area (TPSA) is 29.3 Å². The van der Waals surface area contributed by atoms with Gasteiger partial charge in [-0.1, -0.05) is 25.3 Å². The van der Waals surface area contributed by atoms with Crippen LogP contribution in [0, 0.1) is 5.92 Å². The summed E-state index contributed by atoms with van der Waals surface area (Å²) in [6.45, 7) is 2.46. The summed E-state index contributed by atoms with van der Waals surface area (Å²) >= 11 is 0. The molecule has 0 unspecified atom stereocenters. The fourth-order valence-electron chi connectivity index (χ4n) is 3.60. The van der Waals surface area contributed by atoms with Crippen LogP contribution in [0.25, 0.3) is 0 Å². The number of rotatable bonds is 2. The van der Waals surface area contributed by atoms with Gasteiger partial charge in [0.1, 0.15) is 0 Å². The molecule has 2 N–H and O–H groups in total. The zero-order valence-electron chi connectivity index (χ0n) is 11.2. The number of hydrogen-bond donors (Lipinski definition) is 1. The van der Waals surface area contributed by atoms with Gasteiger partial charge in [0, 0.05) is 24.5 Å². The molecule has 2 nitrogen and oxygen atoms in total. The number of nitrogen functional groups attached to an aromatic ring is 1. The summed E-state index contributed by atoms with van der Waals surface area (Å²) in [6.07, 6.45) is 9.57. The molecule has 0 saturated heterocycles. The molecule has 1 fully saturated rings. The molecular formula is C16H24N2. The summed E-state index contributed by atoms with van der Waals surface area (Å²) < 4.78 is 0. The van der Waals surface area contributed by atoms with E-state index in [1.165, 1.54) is 62.9 Å². The lowest BCUT2D eigenvalue weighted by molar-refractivity contribution is 0.356. The van der Waals surface area contributed by atoms with E-state index >= 15 is 0 Å². The quantitative estimate of drug-likeness (QED) is 0.805. The number of anilines is 2. The molecule has 0 aromatic heterocycles. The molecule has 2 heteroatoms. The van der Waals surface area contributed by atoms with Crippen LogP contribution in [0.2, 0.25) is 0 Å². The smallest absolute Gasteiger partial charge is 0.0419 e. The minimum absolute atomic E-state index is 0.908. The highest BCUT2D eigenvalue weighted by atomic mass is 15.1. The second-order valence-electron chi connectivity index (χ2n) is 5.90. The van der Waals surface area contributed by atoms with Gasteiger partial charge < -0.3 is 10.6 Å². The predicted octanol–water partition coefficient (Wildman–Crippen LogP) is 3.60. The van der Waals surface area contributed by atoms with Gasteiger partial charge in [-0.25, -0.2) is 0 Å². The fraction of sp³-hybridized carbons (Fsp3) is 0.625. The summed E-state index contributed by atoms with van der Waals surface area (Å²) in [6, 6.07) is 6.41. The van der Waals surface area contributed by atoms with Crippen molar-refractivity contribution in [2.45, 2.75) is 44.9 Å². The normalized spacial score (nSPS) is 20.8. The molecule has 1 aliphatic carbocycles. The standard InChI is InChI=1S/C16H24N2/c17-15-9-4-10-16-14(15)8-5-11-18(16)12-13-6-2-1-3-7-13/h4,9-10,13H,1-3,5-8,11-12,17H2. The molecule has 1 aromatic carbocycles. The fourth-order valence-corrected chi connectivity index (χ4v) is 3.60. The average Bonchev–Trinajstić information content (AvgIpc) is 2.41. The average molecular weight is 244 g/mol. The van der Waals surface area contributed by atoms with Crippen molar-refractivity contribution >= 4 is 11.4 Å². The molecule has 0 spiro atoms. The van der Waals surface area contributed by atoms with Gasteiger partial charge in [-0.2, -0.15) is 0 Å². The van der Waals surface area contributed by atoms with Crippen molar-refractivity contribution < 1.29 is 0 Å². The summed E-state index contributed by atoms with van der Waals surface area (Å²) in [5.41, 5.74) is 9.89. The molecule has 3 rings (SSSR count). The van der Waals surface area contributed by atoms with Crippen molar-refractivity contribution in [3.63, 3.8) is 0 Å². The molecule has 1 aliphatic heterocycles. The molecule has 18 heavy (non-hydrogen) atoms. The van der Waals surface area contributed by atoms with Crippen molar-refractivity contribution in [2.24, 2.45) is 5.92 Å². The minimum atomic E-state index is 0.908. The Hall–Kier alpha value is -1.18. The molecule has 0 bridgehead atoms. The maximum absolute atomic E-state index is 6.11. The van der Waals surface area contributed by atoms with Crippen LogP contribution >= 0.6 is 0 Å². The molecule has 1 aromatic rings. The van der Waals surface area contributed by atoms with E-state index in [9.17, 15) is 0 Å². The van der Waals surface area contributed by atoms with Crippen LogP contribution in [-0.4, -0.2) is 13.1 Å². The van der Waals surface area contributed by atoms with Crippen LogP contribution < -0.4 is 10.6 Å². The summed E-state index contributed by atoms with van der Waals surface area (Å²) in [7, 11) is 0. The van der Waals surface area contributed by atoms with Gasteiger partial charge in [-0.15, -0.1) is 0 Å². The van der Waals surface area contributed by atoms with Gasteiger partial charge in [-0.3, -0.25) is 0 Å². The van der Waals surface area contributed by atoms with Crippen molar-refractivity contribution in [1.29, 1.82) is 0 Å². The Labute approximate surface area is 110 Å². The van der Waals surface area contributed by atoms with Gasteiger partial charge in [0.2, 0.25) is 0 Å². The highest BCUT2D eigenvalue weighted by Gasteiger charge is 2.22. The number of benzene rings is 1. The first-order valence-electron chi connectivity index (χ1n) is 7.47. The Morgan fingerprint density at radius 1 is 1.11 bits per heavy atom. The molecule has 1 saturated carbocycles. The Morgan fingerprint density at radius 2 is 1.94 bits per heavy atom. The Morgan fingerprint density at radius 3 is 2.78 bits per heavy atom. The van der Waals surface area contributed by atoms with E-state index in [2.05, 4.69) is 17.0 Å². The Kier molecular flexibility index (Phi) is 3.44. The van der Waals surface area contributed by atoms with Crippen LogP contribution in [0.3, 0.4) is 0 Å². The van der Waals surface area contributed by atoms with Crippen LogP contribution in [0.5, 0.6) is 0 Å². The third kappa shape index (κ3) is 2.33. The first-order chi connectivity index (χ1) is 8.84. The number of nitrogens with zero attached hydrogens (tertiary/aromatic N) is 1. The number of nitrogens with two attached hydrogens (primary N) is 1. The number of hydrogen-bond acceptors (Lipinski definition) is 2. The van der Waals surface area contributed by atoms with E-state index < -0.39 is 0 Å². The van der Waals surface area contributed by atoms with Crippen LogP contribution in [0.1, 0.15) is 44.1 Å². The summed E-state index contributed by atoms with van der Waals surface area (Å²) in [5, 5.41) is 0. The van der Waals surface area contributed by atoms with Crippen molar-refractivity contribution in [1.82, 2.24) is 0 Å². The van der Waals surface area contributed by atoms with E-state index in [0.29, 0.717) is 0 Å². The van der Waals surface area contributed by atoms with Crippen LogP contribution in [0.15, 0.2) is 18.2 Å². The summed E-state index contributed by atoms with van der Waals surface area (Å²) in [4.78, 5) is 2.59. The van der Waals surface area contributed by atoms with Gasteiger partial charge in [0.05, 0.1) is 0 Å². The monoisotopic (exact) mass is 244 g/mol. The highest BCUT2D eigenvalue weighted by molar-refractivity contribution is 5.66. The Bertz CT molecular complexity index is 408. The predicted molar refractivity (Wildman–Crippen MR) is 78.0 cm³/mol. The minimum Gasteiger partial charge on any atom is -0.398 e. The molecule has 0 atom stereocenters. The lowest BCUT2D eigenvalue weighted by atomic mass is 9.88. The van der Waals surface area contributed by atoms with Crippen molar-refractivity contribution in [2.75, 3.05) is 23.7 Å². The van der Waals surface area contributed by atoms with E-state index in [1.54, 1.807) is 0 Å². The maximum atomic E-state index is 6.11. The molecule has 0 radical (unpaired) electrons. The highest BCUT2D eigenvalue weighted by Crippen LogP contribution is 2.33. The van der Waals surface area contributed by atoms with E-state index in [-0.39, 0.29) is 0 Å². The lowest BCUT2D eigenvalue weighted by Crippen LogP contribution is -2.35. The van der Waals surface area contributed by atoms with E-state index in [1.807, 2.05) is 6.07 Å². The third-order valence-electron chi connectivity index (χ3n) is 4.59. The number of fused-ring (bicyclic) bond motifs is 1. The summed E-state index contributed by atoms with van der Waals surface area (Å²) in [5.74, 6) is 0.908. The second-order valence-corrected chi connectivity index (χ2v) is 5.90. The first-order valence-corrected chi connectivity index (χ1v) is 7.47. The van der Waals surface area contributed by atoms with Crippen molar-refractivity contribution in [3.8, 4) is 0 Å². The van der Waals surface area contributed by atoms with Gasteiger partial charge in [0.15, 0.2) is 0 Å². The van der Waals surface area contributed by atoms with Gasteiger partial charge in [0.25, 0.3) is 0 Å². The molecule has 2 aliphatic rings. The molecule has 98 valence electrons. The lowest BCUT2D eigenvalue weighted by Gasteiger charge is -2.36. The third-order valence-corrected chi connectivity index (χ3v) is 4.59. The van der Waals surface area contributed by atoms with Crippen LogP contribution in [0.4, 0.5) is 11.4 Å².